The number of thiazole rings is 1. The van der Waals surface area contributed by atoms with Crippen LogP contribution >= 0.6 is 22.7 Å². The molecule has 27 heavy (non-hydrogen) atoms. The van der Waals surface area contributed by atoms with E-state index in [0.717, 1.165) is 16.5 Å². The van der Waals surface area contributed by atoms with Gasteiger partial charge < -0.3 is 10.1 Å². The third-order valence-corrected chi connectivity index (χ3v) is 6.28. The number of ether oxygens (including phenoxy) is 1. The minimum Gasteiger partial charge on any atom is -0.497 e. The summed E-state index contributed by atoms with van der Waals surface area (Å²) >= 11 is 3.42. The molecule has 0 saturated heterocycles. The van der Waals surface area contributed by atoms with E-state index in [0.29, 0.717) is 6.54 Å². The summed E-state index contributed by atoms with van der Waals surface area (Å²) in [7, 11) is 1.69. The van der Waals surface area contributed by atoms with Gasteiger partial charge in [0, 0.05) is 11.9 Å². The van der Waals surface area contributed by atoms with Crippen molar-refractivity contribution in [2.45, 2.75) is 12.6 Å². The number of aromatic nitrogens is 1. The number of nitrogens with zero attached hydrogens (tertiary/aromatic N) is 1. The maximum atomic E-state index is 5.29. The summed E-state index contributed by atoms with van der Waals surface area (Å²) in [5, 5.41) is 8.98. The van der Waals surface area contributed by atoms with Crippen molar-refractivity contribution in [3.05, 3.63) is 94.3 Å². The highest BCUT2D eigenvalue weighted by atomic mass is 32.1. The van der Waals surface area contributed by atoms with Gasteiger partial charge in [0.15, 0.2) is 0 Å². The Bertz CT molecular complexity index is 963. The summed E-state index contributed by atoms with van der Waals surface area (Å²) in [5.74, 6) is 0.866. The Morgan fingerprint density at radius 2 is 1.70 bits per heavy atom. The molecular weight excluding hydrogens is 372 g/mol. The van der Waals surface area contributed by atoms with Crippen LogP contribution in [0.25, 0.3) is 9.88 Å². The lowest BCUT2D eigenvalue weighted by molar-refractivity contribution is 0.414. The Labute approximate surface area is 167 Å². The molecule has 2 aromatic carbocycles. The SMILES string of the molecule is COc1ccc([C@H](NCc2csc(-c3cccs3)n2)c2ccccc2)cc1. The van der Waals surface area contributed by atoms with Gasteiger partial charge in [-0.1, -0.05) is 48.5 Å². The molecule has 0 aliphatic rings. The first-order valence-electron chi connectivity index (χ1n) is 8.74. The molecule has 2 heterocycles. The molecule has 0 spiro atoms. The Morgan fingerprint density at radius 1 is 0.926 bits per heavy atom. The van der Waals surface area contributed by atoms with Gasteiger partial charge in [0.2, 0.25) is 0 Å². The normalized spacial score (nSPS) is 12.0. The lowest BCUT2D eigenvalue weighted by Gasteiger charge is -2.19. The zero-order valence-electron chi connectivity index (χ0n) is 15.0. The van der Waals surface area contributed by atoms with E-state index in [-0.39, 0.29) is 6.04 Å². The summed E-state index contributed by atoms with van der Waals surface area (Å²) in [6.45, 7) is 0.716. The van der Waals surface area contributed by atoms with Crippen molar-refractivity contribution in [3.63, 3.8) is 0 Å². The number of hydrogen-bond acceptors (Lipinski definition) is 5. The first-order valence-corrected chi connectivity index (χ1v) is 10.5. The first kappa shape index (κ1) is 17.9. The van der Waals surface area contributed by atoms with E-state index < -0.39 is 0 Å². The van der Waals surface area contributed by atoms with Crippen LogP contribution in [-0.4, -0.2) is 12.1 Å². The van der Waals surface area contributed by atoms with Gasteiger partial charge in [0.05, 0.1) is 23.7 Å². The second kappa shape index (κ2) is 8.48. The van der Waals surface area contributed by atoms with E-state index in [4.69, 9.17) is 9.72 Å². The summed E-state index contributed by atoms with van der Waals surface area (Å²) in [6.07, 6.45) is 0. The monoisotopic (exact) mass is 392 g/mol. The predicted octanol–water partition coefficient (Wildman–Crippen LogP) is 5.76. The molecule has 2 aromatic heterocycles. The summed E-state index contributed by atoms with van der Waals surface area (Å²) in [5.41, 5.74) is 3.50. The number of rotatable bonds is 7. The molecule has 0 aliphatic heterocycles. The fraction of sp³-hybridized carbons (Fsp3) is 0.136. The third kappa shape index (κ3) is 4.27. The molecule has 1 atom stereocenters. The Balaban J connectivity index is 1.54. The molecule has 3 nitrogen and oxygen atoms in total. The van der Waals surface area contributed by atoms with Crippen molar-refractivity contribution in [1.29, 1.82) is 0 Å². The van der Waals surface area contributed by atoms with Crippen molar-refractivity contribution in [2.24, 2.45) is 0 Å². The number of thiophene rings is 1. The van der Waals surface area contributed by atoms with Crippen LogP contribution in [0, 0.1) is 0 Å². The molecular formula is C22H20N2OS2. The molecule has 0 bridgehead atoms. The topological polar surface area (TPSA) is 34.1 Å². The highest BCUT2D eigenvalue weighted by molar-refractivity contribution is 7.20. The molecule has 1 N–H and O–H groups in total. The molecule has 5 heteroatoms. The van der Waals surface area contributed by atoms with Gasteiger partial charge in [-0.25, -0.2) is 4.98 Å². The zero-order valence-corrected chi connectivity index (χ0v) is 16.6. The van der Waals surface area contributed by atoms with Crippen LogP contribution in [0.15, 0.2) is 77.5 Å². The average molecular weight is 393 g/mol. The number of methoxy groups -OCH3 is 1. The van der Waals surface area contributed by atoms with Crippen LogP contribution in [0.1, 0.15) is 22.9 Å². The highest BCUT2D eigenvalue weighted by Crippen LogP contribution is 2.29. The van der Waals surface area contributed by atoms with Crippen LogP contribution in [0.2, 0.25) is 0 Å². The van der Waals surface area contributed by atoms with Gasteiger partial charge >= 0.3 is 0 Å². The van der Waals surface area contributed by atoms with Crippen molar-refractivity contribution in [2.75, 3.05) is 7.11 Å². The molecule has 0 fully saturated rings. The average Bonchev–Trinajstić information content (AvgIpc) is 3.41. The molecule has 4 aromatic rings. The third-order valence-electron chi connectivity index (χ3n) is 4.35. The molecule has 0 unspecified atom stereocenters. The minimum absolute atomic E-state index is 0.101. The number of benzene rings is 2. The molecule has 0 amide bonds. The van der Waals surface area contributed by atoms with E-state index >= 15 is 0 Å². The van der Waals surface area contributed by atoms with Crippen LogP contribution in [0.5, 0.6) is 5.75 Å². The smallest absolute Gasteiger partial charge is 0.133 e. The van der Waals surface area contributed by atoms with Crippen LogP contribution < -0.4 is 10.1 Å². The van der Waals surface area contributed by atoms with Gasteiger partial charge in [-0.2, -0.15) is 0 Å². The lowest BCUT2D eigenvalue weighted by atomic mass is 9.98. The Hall–Kier alpha value is -2.47. The summed E-state index contributed by atoms with van der Waals surface area (Å²) in [6, 6.07) is 23.0. The highest BCUT2D eigenvalue weighted by Gasteiger charge is 2.15. The Morgan fingerprint density at radius 3 is 2.41 bits per heavy atom. The van der Waals surface area contributed by atoms with Crippen LogP contribution in [-0.2, 0) is 6.54 Å². The van der Waals surface area contributed by atoms with Gasteiger partial charge in [-0.15, -0.1) is 22.7 Å². The number of hydrogen-bond donors (Lipinski definition) is 1. The van der Waals surface area contributed by atoms with Crippen molar-refractivity contribution in [1.82, 2.24) is 10.3 Å². The van der Waals surface area contributed by atoms with E-state index in [1.807, 2.05) is 18.2 Å². The largest absolute Gasteiger partial charge is 0.497 e. The quantitative estimate of drug-likeness (QED) is 0.434. The van der Waals surface area contributed by atoms with Crippen molar-refractivity contribution >= 4 is 22.7 Å². The van der Waals surface area contributed by atoms with Crippen LogP contribution in [0.4, 0.5) is 0 Å². The van der Waals surface area contributed by atoms with Crippen molar-refractivity contribution < 1.29 is 4.74 Å². The van der Waals surface area contributed by atoms with Gasteiger partial charge in [0.1, 0.15) is 10.8 Å². The fourth-order valence-corrected chi connectivity index (χ4v) is 4.61. The molecule has 0 aliphatic carbocycles. The molecule has 4 rings (SSSR count). The van der Waals surface area contributed by atoms with Gasteiger partial charge in [-0.3, -0.25) is 0 Å². The maximum absolute atomic E-state index is 5.29. The molecule has 0 saturated carbocycles. The summed E-state index contributed by atoms with van der Waals surface area (Å²) in [4.78, 5) is 6.01. The van der Waals surface area contributed by atoms with Gasteiger partial charge in [0.25, 0.3) is 0 Å². The van der Waals surface area contributed by atoms with E-state index in [1.165, 1.54) is 16.0 Å². The maximum Gasteiger partial charge on any atom is 0.133 e. The second-order valence-corrected chi connectivity index (χ2v) is 7.92. The van der Waals surface area contributed by atoms with Crippen molar-refractivity contribution in [3.8, 4) is 15.6 Å². The second-order valence-electron chi connectivity index (χ2n) is 6.12. The van der Waals surface area contributed by atoms with E-state index in [9.17, 15) is 0 Å². The minimum atomic E-state index is 0.101. The van der Waals surface area contributed by atoms with Gasteiger partial charge in [-0.05, 0) is 34.7 Å². The molecule has 0 radical (unpaired) electrons. The number of nitrogens with one attached hydrogen (secondary N) is 1. The molecule has 136 valence electrons. The van der Waals surface area contributed by atoms with E-state index in [2.05, 4.69) is 64.6 Å². The fourth-order valence-electron chi connectivity index (χ4n) is 2.98. The Kier molecular flexibility index (Phi) is 5.63. The van der Waals surface area contributed by atoms with E-state index in [1.54, 1.807) is 29.8 Å². The standard InChI is InChI=1S/C22H20N2OS2/c1-25-19-11-9-17(10-12-19)21(16-6-3-2-4-7-16)23-14-18-15-27-22(24-18)20-8-5-13-26-20/h2-13,15,21,23H,14H2,1H3/t21-/m1/s1. The summed E-state index contributed by atoms with van der Waals surface area (Å²) < 4.78 is 5.29. The predicted molar refractivity (Wildman–Crippen MR) is 114 cm³/mol. The lowest BCUT2D eigenvalue weighted by Crippen LogP contribution is -2.22. The zero-order chi connectivity index (χ0) is 18.5. The first-order chi connectivity index (χ1) is 13.3. The van der Waals surface area contributed by atoms with Crippen LogP contribution in [0.3, 0.4) is 0 Å².